The number of nitrogens with zero attached hydrogens (tertiary/aromatic N) is 3. The maximum Gasteiger partial charge on any atom is 0.356 e. The summed E-state index contributed by atoms with van der Waals surface area (Å²) in [5, 5.41) is 13.8. The molecule has 2 N–H and O–H groups in total. The third-order valence-electron chi connectivity index (χ3n) is 4.08. The van der Waals surface area contributed by atoms with Gasteiger partial charge in [0.1, 0.15) is 5.69 Å². The van der Waals surface area contributed by atoms with Gasteiger partial charge in [0.15, 0.2) is 5.82 Å². The Balaban J connectivity index is 1.85. The summed E-state index contributed by atoms with van der Waals surface area (Å²) in [5.74, 6) is -0.264. The van der Waals surface area contributed by atoms with Crippen LogP contribution in [-0.4, -0.2) is 39.0 Å². The summed E-state index contributed by atoms with van der Waals surface area (Å²) in [7, 11) is 1.32. The number of aromatic amines is 1. The molecule has 1 aliphatic heterocycles. The Morgan fingerprint density at radius 2 is 2.26 bits per heavy atom. The second kappa shape index (κ2) is 5.86. The van der Waals surface area contributed by atoms with Crippen LogP contribution in [0.2, 0.25) is 0 Å². The van der Waals surface area contributed by atoms with Gasteiger partial charge < -0.3 is 10.1 Å². The van der Waals surface area contributed by atoms with Crippen LogP contribution in [0.1, 0.15) is 46.2 Å². The Morgan fingerprint density at radius 3 is 2.91 bits per heavy atom. The van der Waals surface area contributed by atoms with E-state index < -0.39 is 5.97 Å². The molecule has 0 aliphatic carbocycles. The van der Waals surface area contributed by atoms with Gasteiger partial charge in [0.25, 0.3) is 0 Å². The molecule has 0 saturated carbocycles. The number of anilines is 1. The van der Waals surface area contributed by atoms with Gasteiger partial charge in [0.2, 0.25) is 5.91 Å². The van der Waals surface area contributed by atoms with E-state index in [0.717, 1.165) is 17.0 Å². The third kappa shape index (κ3) is 2.84. The molecule has 8 nitrogen and oxygen atoms in total. The molecule has 122 valence electrons. The molecular weight excluding hydrogens is 298 g/mol. The molecule has 8 heteroatoms. The number of nitrogens with one attached hydrogen (secondary N) is 2. The highest BCUT2D eigenvalue weighted by molar-refractivity contribution is 5.98. The van der Waals surface area contributed by atoms with Crippen molar-refractivity contribution in [2.24, 2.45) is 0 Å². The van der Waals surface area contributed by atoms with Gasteiger partial charge in [-0.25, -0.2) is 4.79 Å². The van der Waals surface area contributed by atoms with Gasteiger partial charge in [-0.3, -0.25) is 14.6 Å². The lowest BCUT2D eigenvalue weighted by Gasteiger charge is -2.22. The lowest BCUT2D eigenvalue weighted by molar-refractivity contribution is -0.116. The smallest absolute Gasteiger partial charge is 0.356 e. The van der Waals surface area contributed by atoms with Gasteiger partial charge in [-0.2, -0.15) is 10.2 Å². The molecule has 1 amide bonds. The van der Waals surface area contributed by atoms with Crippen molar-refractivity contribution in [1.29, 1.82) is 0 Å². The van der Waals surface area contributed by atoms with Crippen molar-refractivity contribution in [1.82, 2.24) is 20.0 Å². The monoisotopic (exact) mass is 317 g/mol. The number of carbonyl (C=O) groups is 2. The van der Waals surface area contributed by atoms with Gasteiger partial charge in [-0.1, -0.05) is 0 Å². The molecule has 3 rings (SSSR count). The average Bonchev–Trinajstić information content (AvgIpc) is 3.07. The summed E-state index contributed by atoms with van der Waals surface area (Å²) in [5.41, 5.74) is 3.06. The van der Waals surface area contributed by atoms with Crippen LogP contribution >= 0.6 is 0 Å². The maximum absolute atomic E-state index is 11.9. The Kier molecular flexibility index (Phi) is 3.89. The van der Waals surface area contributed by atoms with Crippen molar-refractivity contribution in [3.63, 3.8) is 0 Å². The number of fused-ring (bicyclic) bond motifs is 1. The van der Waals surface area contributed by atoms with Crippen LogP contribution in [0.5, 0.6) is 0 Å². The van der Waals surface area contributed by atoms with Crippen molar-refractivity contribution in [3.8, 4) is 0 Å². The molecule has 0 unspecified atom stereocenters. The zero-order valence-electron chi connectivity index (χ0n) is 13.3. The van der Waals surface area contributed by atoms with Crippen LogP contribution in [0, 0.1) is 13.8 Å². The van der Waals surface area contributed by atoms with E-state index in [1.807, 2.05) is 24.6 Å². The number of aromatic nitrogens is 4. The van der Waals surface area contributed by atoms with Gasteiger partial charge in [0, 0.05) is 30.1 Å². The molecule has 0 aromatic carbocycles. The first-order chi connectivity index (χ1) is 11.0. The highest BCUT2D eigenvalue weighted by Gasteiger charge is 2.33. The van der Waals surface area contributed by atoms with Gasteiger partial charge in [0.05, 0.1) is 12.8 Å². The van der Waals surface area contributed by atoms with E-state index in [0.29, 0.717) is 30.9 Å². The fourth-order valence-electron chi connectivity index (χ4n) is 3.04. The van der Waals surface area contributed by atoms with Gasteiger partial charge in [-0.15, -0.1) is 0 Å². The minimum Gasteiger partial charge on any atom is -0.464 e. The predicted molar refractivity (Wildman–Crippen MR) is 82.2 cm³/mol. The summed E-state index contributed by atoms with van der Waals surface area (Å²) < 4.78 is 6.70. The van der Waals surface area contributed by atoms with Crippen LogP contribution in [-0.2, 0) is 16.1 Å². The molecule has 0 bridgehead atoms. The fraction of sp³-hybridized carbons (Fsp3) is 0.467. The molecule has 2 aromatic heterocycles. The summed E-state index contributed by atoms with van der Waals surface area (Å²) in [6.07, 6.45) is 1.00. The molecule has 0 fully saturated rings. The summed E-state index contributed by atoms with van der Waals surface area (Å²) >= 11 is 0. The Labute approximate surface area is 133 Å². The van der Waals surface area contributed by atoms with Crippen LogP contribution in [0.25, 0.3) is 0 Å². The zero-order chi connectivity index (χ0) is 16.6. The number of amides is 1. The topological polar surface area (TPSA) is 102 Å². The molecule has 1 atom stereocenters. The molecule has 0 saturated heterocycles. The molecule has 0 spiro atoms. The Bertz CT molecular complexity index is 761. The number of aryl methyl sites for hydroxylation is 3. The van der Waals surface area contributed by atoms with E-state index in [-0.39, 0.29) is 11.8 Å². The third-order valence-corrected chi connectivity index (χ3v) is 4.08. The highest BCUT2D eigenvalue weighted by atomic mass is 16.5. The molecule has 3 heterocycles. The average molecular weight is 317 g/mol. The quantitative estimate of drug-likeness (QED) is 0.833. The van der Waals surface area contributed by atoms with E-state index >= 15 is 0 Å². The number of ether oxygens (including phenoxy) is 1. The van der Waals surface area contributed by atoms with Gasteiger partial charge in [-0.05, 0) is 26.3 Å². The van der Waals surface area contributed by atoms with E-state index in [9.17, 15) is 9.59 Å². The molecule has 0 radical (unpaired) electrons. The molecule has 23 heavy (non-hydrogen) atoms. The highest BCUT2D eigenvalue weighted by Crippen LogP contribution is 2.36. The summed E-state index contributed by atoms with van der Waals surface area (Å²) in [6.45, 7) is 4.61. The second-order valence-electron chi connectivity index (χ2n) is 5.74. The summed E-state index contributed by atoms with van der Waals surface area (Å²) in [6, 6.07) is 2.01. The van der Waals surface area contributed by atoms with E-state index in [2.05, 4.69) is 20.6 Å². The molecular formula is C15H19N5O3. The zero-order valence-corrected chi connectivity index (χ0v) is 13.3. The lowest BCUT2D eigenvalue weighted by Crippen LogP contribution is -2.25. The maximum atomic E-state index is 11.9. The Morgan fingerprint density at radius 1 is 1.48 bits per heavy atom. The number of carbonyl (C=O) groups excluding carboxylic acids is 2. The minimum atomic E-state index is -0.481. The molecule has 2 aromatic rings. The van der Waals surface area contributed by atoms with E-state index in [1.165, 1.54) is 7.11 Å². The fourth-order valence-corrected chi connectivity index (χ4v) is 3.04. The SMILES string of the molecule is COC(=O)c1[nH]nc2c1[C@H](CCn1nc(C)cc1C)CC(=O)N2. The van der Waals surface area contributed by atoms with Crippen LogP contribution in [0.3, 0.4) is 0 Å². The van der Waals surface area contributed by atoms with Crippen molar-refractivity contribution in [2.75, 3.05) is 12.4 Å². The number of methoxy groups -OCH3 is 1. The van der Waals surface area contributed by atoms with Crippen molar-refractivity contribution >= 4 is 17.7 Å². The minimum absolute atomic E-state index is 0.0983. The van der Waals surface area contributed by atoms with Crippen LogP contribution in [0.4, 0.5) is 5.82 Å². The second-order valence-corrected chi connectivity index (χ2v) is 5.74. The molecule has 1 aliphatic rings. The van der Waals surface area contributed by atoms with E-state index in [4.69, 9.17) is 4.74 Å². The first-order valence-electron chi connectivity index (χ1n) is 7.47. The first-order valence-corrected chi connectivity index (χ1v) is 7.47. The van der Waals surface area contributed by atoms with Crippen LogP contribution < -0.4 is 5.32 Å². The predicted octanol–water partition coefficient (Wildman–Crippen LogP) is 1.53. The number of esters is 1. The van der Waals surface area contributed by atoms with Crippen LogP contribution in [0.15, 0.2) is 6.07 Å². The number of H-pyrrole nitrogens is 1. The largest absolute Gasteiger partial charge is 0.464 e. The standard InChI is InChI=1S/C15H19N5O3/c1-8-6-9(2)20(19-8)5-4-10-7-11(21)16-14-12(10)13(17-18-14)15(22)23-3/h6,10H,4-5,7H2,1-3H3,(H2,16,17,18,21)/t10-/m1/s1. The van der Waals surface area contributed by atoms with Crippen molar-refractivity contribution < 1.29 is 14.3 Å². The van der Waals surface area contributed by atoms with Crippen molar-refractivity contribution in [3.05, 3.63) is 28.7 Å². The van der Waals surface area contributed by atoms with E-state index in [1.54, 1.807) is 0 Å². The van der Waals surface area contributed by atoms with Crippen molar-refractivity contribution in [2.45, 2.75) is 39.2 Å². The number of hydrogen-bond acceptors (Lipinski definition) is 5. The Hall–Kier alpha value is -2.64. The number of hydrogen-bond donors (Lipinski definition) is 2. The first kappa shape index (κ1) is 15.3. The summed E-state index contributed by atoms with van der Waals surface area (Å²) in [4.78, 5) is 23.7. The van der Waals surface area contributed by atoms with Gasteiger partial charge >= 0.3 is 5.97 Å². The number of rotatable bonds is 4. The normalized spacial score (nSPS) is 16.8. The lowest BCUT2D eigenvalue weighted by atomic mass is 9.89.